The van der Waals surface area contributed by atoms with Crippen LogP contribution in [0, 0.1) is 0 Å². The fourth-order valence-electron chi connectivity index (χ4n) is 2.62. The molecule has 1 fully saturated rings. The van der Waals surface area contributed by atoms with Gasteiger partial charge in [-0.2, -0.15) is 0 Å². The molecule has 4 amide bonds. The van der Waals surface area contributed by atoms with Gasteiger partial charge in [0.25, 0.3) is 11.8 Å². The Morgan fingerprint density at radius 2 is 1.92 bits per heavy atom. The molecule has 0 spiro atoms. The Kier molecular flexibility index (Phi) is 5.97. The van der Waals surface area contributed by atoms with Crippen LogP contribution in [-0.2, 0) is 24.7 Å². The van der Waals surface area contributed by atoms with Gasteiger partial charge in [-0.05, 0) is 25.8 Å². The molecule has 0 radical (unpaired) electrons. The minimum absolute atomic E-state index is 0.425. The number of carbonyl (C=O) groups excluding carboxylic acids is 4. The average Bonchev–Trinajstić information content (AvgIpc) is 2.84. The molecule has 1 aliphatic rings. The van der Waals surface area contributed by atoms with E-state index in [1.807, 2.05) is 6.92 Å². The molecular formula is C18H23N3O5. The Balaban J connectivity index is 2.01. The molecule has 8 nitrogen and oxygen atoms in total. The zero-order valence-electron chi connectivity index (χ0n) is 15.1. The van der Waals surface area contributed by atoms with E-state index in [2.05, 4.69) is 10.6 Å². The lowest BCUT2D eigenvalue weighted by atomic mass is 9.92. The molecule has 1 aromatic carbocycles. The molecule has 1 saturated heterocycles. The van der Waals surface area contributed by atoms with Crippen LogP contribution in [0.5, 0.6) is 0 Å². The first-order valence-electron chi connectivity index (χ1n) is 8.46. The lowest BCUT2D eigenvalue weighted by Gasteiger charge is -2.22. The monoisotopic (exact) mass is 361 g/mol. The molecule has 1 heterocycles. The number of ether oxygens (including phenoxy) is 1. The summed E-state index contributed by atoms with van der Waals surface area (Å²) in [7, 11) is 0. The van der Waals surface area contributed by atoms with Crippen molar-refractivity contribution in [2.24, 2.45) is 0 Å². The summed E-state index contributed by atoms with van der Waals surface area (Å²) in [5.41, 5.74) is -0.635. The summed E-state index contributed by atoms with van der Waals surface area (Å²) in [6.45, 7) is 4.83. The summed E-state index contributed by atoms with van der Waals surface area (Å²) in [4.78, 5) is 49.5. The van der Waals surface area contributed by atoms with Crippen LogP contribution in [-0.4, -0.2) is 47.9 Å². The Morgan fingerprint density at radius 3 is 2.54 bits per heavy atom. The van der Waals surface area contributed by atoms with E-state index < -0.39 is 42.0 Å². The van der Waals surface area contributed by atoms with Crippen molar-refractivity contribution in [1.82, 2.24) is 15.5 Å². The Labute approximate surface area is 151 Å². The fourth-order valence-corrected chi connectivity index (χ4v) is 2.62. The normalized spacial score (nSPS) is 20.5. The van der Waals surface area contributed by atoms with Gasteiger partial charge in [0.05, 0.1) is 0 Å². The maximum absolute atomic E-state index is 12.7. The highest BCUT2D eigenvalue weighted by Gasteiger charge is 2.49. The van der Waals surface area contributed by atoms with Crippen LogP contribution >= 0.6 is 0 Å². The second-order valence-electron chi connectivity index (χ2n) is 6.24. The average molecular weight is 361 g/mol. The van der Waals surface area contributed by atoms with Crippen molar-refractivity contribution in [1.29, 1.82) is 0 Å². The van der Waals surface area contributed by atoms with Crippen LogP contribution in [0.3, 0.4) is 0 Å². The van der Waals surface area contributed by atoms with Crippen LogP contribution in [0.4, 0.5) is 4.79 Å². The van der Waals surface area contributed by atoms with E-state index in [0.717, 1.165) is 11.3 Å². The smallest absolute Gasteiger partial charge is 0.327 e. The summed E-state index contributed by atoms with van der Waals surface area (Å²) in [6.07, 6.45) is -0.247. The van der Waals surface area contributed by atoms with Gasteiger partial charge in [-0.15, -0.1) is 0 Å². The molecule has 0 bridgehead atoms. The van der Waals surface area contributed by atoms with Crippen LogP contribution in [0.1, 0.15) is 32.8 Å². The maximum atomic E-state index is 12.7. The molecular weight excluding hydrogens is 338 g/mol. The third-order valence-corrected chi connectivity index (χ3v) is 4.14. The van der Waals surface area contributed by atoms with Crippen molar-refractivity contribution in [3.05, 3.63) is 35.9 Å². The molecule has 2 N–H and O–H groups in total. The molecule has 1 aromatic rings. The van der Waals surface area contributed by atoms with Gasteiger partial charge in [0, 0.05) is 6.54 Å². The number of rotatable bonds is 7. The third-order valence-electron chi connectivity index (χ3n) is 4.14. The summed E-state index contributed by atoms with van der Waals surface area (Å²) in [5, 5.41) is 5.21. The van der Waals surface area contributed by atoms with Crippen LogP contribution in [0.25, 0.3) is 0 Å². The standard InChI is InChI=1S/C18H23N3O5/c1-4-10-19-15(23)12(2)26-14(22)11-21-16(24)18(3,20-17(21)25)13-8-6-5-7-9-13/h5-9,12H,4,10-11H2,1-3H3,(H,19,23)(H,20,25)/t12-,18+/m0/s1. The topological polar surface area (TPSA) is 105 Å². The molecule has 0 aliphatic carbocycles. The third kappa shape index (κ3) is 4.01. The van der Waals surface area contributed by atoms with E-state index in [0.29, 0.717) is 12.1 Å². The second-order valence-corrected chi connectivity index (χ2v) is 6.24. The first-order chi connectivity index (χ1) is 12.3. The fraction of sp³-hybridized carbons (Fsp3) is 0.444. The van der Waals surface area contributed by atoms with E-state index in [-0.39, 0.29) is 0 Å². The second kappa shape index (κ2) is 7.99. The largest absolute Gasteiger partial charge is 0.451 e. The predicted octanol–water partition coefficient (Wildman–Crippen LogP) is 0.911. The number of esters is 1. The zero-order chi connectivity index (χ0) is 19.3. The van der Waals surface area contributed by atoms with Crippen LogP contribution in [0.15, 0.2) is 30.3 Å². The predicted molar refractivity (Wildman–Crippen MR) is 92.9 cm³/mol. The van der Waals surface area contributed by atoms with Gasteiger partial charge in [0.1, 0.15) is 12.1 Å². The first-order valence-corrected chi connectivity index (χ1v) is 8.46. The summed E-state index contributed by atoms with van der Waals surface area (Å²) < 4.78 is 5.02. The lowest BCUT2D eigenvalue weighted by molar-refractivity contribution is -0.156. The van der Waals surface area contributed by atoms with Crippen molar-refractivity contribution >= 4 is 23.8 Å². The highest BCUT2D eigenvalue weighted by molar-refractivity contribution is 6.08. The van der Waals surface area contributed by atoms with Crippen LogP contribution in [0.2, 0.25) is 0 Å². The Hall–Kier alpha value is -2.90. The molecule has 140 valence electrons. The number of amides is 4. The van der Waals surface area contributed by atoms with Gasteiger partial charge in [-0.3, -0.25) is 19.3 Å². The van der Waals surface area contributed by atoms with E-state index in [9.17, 15) is 19.2 Å². The van der Waals surface area contributed by atoms with Gasteiger partial charge >= 0.3 is 12.0 Å². The van der Waals surface area contributed by atoms with Crippen LogP contribution < -0.4 is 10.6 Å². The highest BCUT2D eigenvalue weighted by atomic mass is 16.5. The Bertz CT molecular complexity index is 706. The van der Waals surface area contributed by atoms with E-state index >= 15 is 0 Å². The SMILES string of the molecule is CCCNC(=O)[C@H](C)OC(=O)CN1C(=O)N[C@](C)(c2ccccc2)C1=O. The van der Waals surface area contributed by atoms with Crippen molar-refractivity contribution in [3.63, 3.8) is 0 Å². The molecule has 0 saturated carbocycles. The van der Waals surface area contributed by atoms with Gasteiger partial charge in [-0.25, -0.2) is 4.79 Å². The molecule has 2 atom stereocenters. The van der Waals surface area contributed by atoms with Gasteiger partial charge in [-0.1, -0.05) is 37.3 Å². The molecule has 8 heteroatoms. The number of hydrogen-bond donors (Lipinski definition) is 2. The number of carbonyl (C=O) groups is 4. The molecule has 0 unspecified atom stereocenters. The number of imide groups is 1. The number of benzene rings is 1. The number of hydrogen-bond acceptors (Lipinski definition) is 5. The lowest BCUT2D eigenvalue weighted by Crippen LogP contribution is -2.42. The minimum atomic E-state index is -1.25. The first kappa shape index (κ1) is 19.4. The van der Waals surface area contributed by atoms with Gasteiger partial charge in [0.15, 0.2) is 6.10 Å². The van der Waals surface area contributed by atoms with Crippen molar-refractivity contribution < 1.29 is 23.9 Å². The maximum Gasteiger partial charge on any atom is 0.327 e. The van der Waals surface area contributed by atoms with Crippen molar-refractivity contribution in [2.45, 2.75) is 38.8 Å². The highest BCUT2D eigenvalue weighted by Crippen LogP contribution is 2.28. The summed E-state index contributed by atoms with van der Waals surface area (Å²) >= 11 is 0. The molecule has 1 aliphatic heterocycles. The zero-order valence-corrected chi connectivity index (χ0v) is 15.1. The molecule has 0 aromatic heterocycles. The van der Waals surface area contributed by atoms with E-state index in [1.165, 1.54) is 6.92 Å². The summed E-state index contributed by atoms with van der Waals surface area (Å²) in [5.74, 6) is -1.80. The number of nitrogens with zero attached hydrogens (tertiary/aromatic N) is 1. The molecule has 2 rings (SSSR count). The number of nitrogens with one attached hydrogen (secondary N) is 2. The van der Waals surface area contributed by atoms with Gasteiger partial charge < -0.3 is 15.4 Å². The van der Waals surface area contributed by atoms with Gasteiger partial charge in [0.2, 0.25) is 0 Å². The number of urea groups is 1. The van der Waals surface area contributed by atoms with E-state index in [4.69, 9.17) is 4.74 Å². The minimum Gasteiger partial charge on any atom is -0.451 e. The van der Waals surface area contributed by atoms with E-state index in [1.54, 1.807) is 37.3 Å². The van der Waals surface area contributed by atoms with Crippen molar-refractivity contribution in [3.8, 4) is 0 Å². The quantitative estimate of drug-likeness (QED) is 0.555. The summed E-state index contributed by atoms with van der Waals surface area (Å²) in [6, 6.07) is 8.08. The molecule has 26 heavy (non-hydrogen) atoms. The Morgan fingerprint density at radius 1 is 1.27 bits per heavy atom. The van der Waals surface area contributed by atoms with Crippen molar-refractivity contribution in [2.75, 3.05) is 13.1 Å².